The van der Waals surface area contributed by atoms with Crippen molar-refractivity contribution in [3.8, 4) is 0 Å². The Kier molecular flexibility index (Phi) is 3.47. The van der Waals surface area contributed by atoms with E-state index in [4.69, 9.17) is 18.0 Å². The maximum absolute atomic E-state index is 13.7. The summed E-state index contributed by atoms with van der Waals surface area (Å²) in [5.74, 6) is -0.350. The quantitative estimate of drug-likeness (QED) is 0.841. The molecule has 0 atom stereocenters. The number of hydrogen-bond donors (Lipinski definition) is 1. The van der Waals surface area contributed by atoms with E-state index in [1.54, 1.807) is 29.0 Å². The van der Waals surface area contributed by atoms with Gasteiger partial charge in [-0.15, -0.1) is 0 Å². The van der Waals surface area contributed by atoms with Crippen LogP contribution in [0.3, 0.4) is 0 Å². The average Bonchev–Trinajstić information content (AvgIpc) is 2.63. The predicted octanol–water partition coefficient (Wildman–Crippen LogP) is 1.33. The zero-order valence-corrected chi connectivity index (χ0v) is 10.8. The molecule has 2 amide bonds. The van der Waals surface area contributed by atoms with Gasteiger partial charge in [0.25, 0.3) is 0 Å². The minimum absolute atomic E-state index is 0.0878. The Morgan fingerprint density at radius 2 is 2.22 bits per heavy atom. The molecule has 0 bridgehead atoms. The molecule has 1 aromatic rings. The zero-order chi connectivity index (χ0) is 13.3. The second-order valence-electron chi connectivity index (χ2n) is 4.30. The zero-order valence-electron chi connectivity index (χ0n) is 10.0. The smallest absolute Gasteiger partial charge is 0.320 e. The van der Waals surface area contributed by atoms with Crippen molar-refractivity contribution in [2.24, 2.45) is 5.73 Å². The summed E-state index contributed by atoms with van der Waals surface area (Å²) in [5.41, 5.74) is 6.56. The van der Waals surface area contributed by atoms with Gasteiger partial charge >= 0.3 is 6.03 Å². The van der Waals surface area contributed by atoms with E-state index in [9.17, 15) is 9.18 Å². The highest BCUT2D eigenvalue weighted by molar-refractivity contribution is 7.80. The summed E-state index contributed by atoms with van der Waals surface area (Å²) in [6, 6.07) is 4.38. The van der Waals surface area contributed by atoms with Crippen LogP contribution >= 0.6 is 12.2 Å². The lowest BCUT2D eigenvalue weighted by Gasteiger charge is -2.16. The lowest BCUT2D eigenvalue weighted by atomic mass is 10.1. The number of urea groups is 1. The molecule has 1 aliphatic rings. The molecule has 0 radical (unpaired) electrons. The van der Waals surface area contributed by atoms with Crippen molar-refractivity contribution in [3.05, 3.63) is 35.1 Å². The van der Waals surface area contributed by atoms with Gasteiger partial charge in [0.05, 0.1) is 6.54 Å². The highest BCUT2D eigenvalue weighted by Crippen LogP contribution is 2.16. The normalized spacial score (nSPS) is 15.3. The van der Waals surface area contributed by atoms with E-state index in [1.807, 2.05) is 0 Å². The van der Waals surface area contributed by atoms with Crippen LogP contribution < -0.4 is 5.73 Å². The van der Waals surface area contributed by atoms with Gasteiger partial charge in [-0.1, -0.05) is 12.2 Å². The molecule has 1 aromatic carbocycles. The Morgan fingerprint density at radius 1 is 1.50 bits per heavy atom. The van der Waals surface area contributed by atoms with E-state index in [2.05, 4.69) is 0 Å². The van der Waals surface area contributed by atoms with E-state index in [-0.39, 0.29) is 23.4 Å². The third kappa shape index (κ3) is 2.43. The predicted molar refractivity (Wildman–Crippen MR) is 70.7 cm³/mol. The Bertz CT molecular complexity index is 506. The maximum Gasteiger partial charge on any atom is 0.320 e. The highest BCUT2D eigenvalue weighted by Gasteiger charge is 2.25. The minimum Gasteiger partial charge on any atom is -0.389 e. The largest absolute Gasteiger partial charge is 0.389 e. The van der Waals surface area contributed by atoms with Crippen LogP contribution in [0.2, 0.25) is 0 Å². The molecule has 4 nitrogen and oxygen atoms in total. The first-order valence-electron chi connectivity index (χ1n) is 5.57. The van der Waals surface area contributed by atoms with Gasteiger partial charge in [-0.25, -0.2) is 9.18 Å². The number of benzene rings is 1. The molecule has 1 aliphatic heterocycles. The first-order valence-corrected chi connectivity index (χ1v) is 5.98. The first kappa shape index (κ1) is 12.8. The highest BCUT2D eigenvalue weighted by atomic mass is 32.1. The fourth-order valence-corrected chi connectivity index (χ4v) is 2.03. The van der Waals surface area contributed by atoms with Gasteiger partial charge in [0.1, 0.15) is 10.8 Å². The molecule has 1 fully saturated rings. The lowest BCUT2D eigenvalue weighted by Crippen LogP contribution is -2.29. The van der Waals surface area contributed by atoms with E-state index in [0.717, 1.165) is 0 Å². The summed E-state index contributed by atoms with van der Waals surface area (Å²) >= 11 is 4.86. The standard InChI is InChI=1S/C12H14FN3OS/c1-15-4-5-16(12(15)17)7-9-6-8(11(14)18)2-3-10(9)13/h2-3,6H,4-5,7H2,1H3,(H2,14,18). The number of nitrogens with zero attached hydrogens (tertiary/aromatic N) is 2. The summed E-state index contributed by atoms with van der Waals surface area (Å²) in [6.45, 7) is 1.51. The number of rotatable bonds is 3. The molecule has 2 N–H and O–H groups in total. The number of nitrogens with two attached hydrogens (primary N) is 1. The van der Waals surface area contributed by atoms with Crippen LogP contribution in [0.5, 0.6) is 0 Å². The van der Waals surface area contributed by atoms with E-state index >= 15 is 0 Å². The summed E-state index contributed by atoms with van der Waals surface area (Å²) in [5, 5.41) is 0. The molecule has 1 heterocycles. The number of carbonyl (C=O) groups excluding carboxylic acids is 1. The van der Waals surface area contributed by atoms with Gasteiger partial charge in [0.2, 0.25) is 0 Å². The lowest BCUT2D eigenvalue weighted by molar-refractivity contribution is 0.196. The van der Waals surface area contributed by atoms with Gasteiger partial charge in [-0.2, -0.15) is 0 Å². The summed E-state index contributed by atoms with van der Waals surface area (Å²) < 4.78 is 13.7. The van der Waals surface area contributed by atoms with Gasteiger partial charge in [-0.05, 0) is 18.2 Å². The van der Waals surface area contributed by atoms with E-state index in [1.165, 1.54) is 6.07 Å². The van der Waals surface area contributed by atoms with Crippen molar-refractivity contribution in [2.45, 2.75) is 6.54 Å². The Hall–Kier alpha value is -1.69. The van der Waals surface area contributed by atoms with Crippen LogP contribution in [0.25, 0.3) is 0 Å². The fraction of sp³-hybridized carbons (Fsp3) is 0.333. The van der Waals surface area contributed by atoms with Gasteiger partial charge in [-0.3, -0.25) is 0 Å². The number of carbonyl (C=O) groups is 1. The van der Waals surface area contributed by atoms with Crippen molar-refractivity contribution in [1.29, 1.82) is 0 Å². The second-order valence-corrected chi connectivity index (χ2v) is 4.74. The monoisotopic (exact) mass is 267 g/mol. The molecule has 2 rings (SSSR count). The number of likely N-dealkylation sites (N-methyl/N-ethyl adjacent to an activating group) is 1. The van der Waals surface area contributed by atoms with Crippen molar-refractivity contribution in [1.82, 2.24) is 9.80 Å². The maximum atomic E-state index is 13.7. The topological polar surface area (TPSA) is 49.6 Å². The Balaban J connectivity index is 2.21. The molecule has 0 unspecified atom stereocenters. The molecule has 96 valence electrons. The van der Waals surface area contributed by atoms with Crippen LogP contribution in [0.4, 0.5) is 9.18 Å². The number of hydrogen-bond acceptors (Lipinski definition) is 2. The van der Waals surface area contributed by atoms with E-state index < -0.39 is 0 Å². The number of thiocarbonyl (C=S) groups is 1. The van der Waals surface area contributed by atoms with E-state index in [0.29, 0.717) is 24.2 Å². The minimum atomic E-state index is -0.350. The van der Waals surface area contributed by atoms with Crippen LogP contribution in [-0.2, 0) is 6.54 Å². The molecular weight excluding hydrogens is 253 g/mol. The molecule has 0 aliphatic carbocycles. The average molecular weight is 267 g/mol. The van der Waals surface area contributed by atoms with Crippen molar-refractivity contribution >= 4 is 23.2 Å². The summed E-state index contributed by atoms with van der Waals surface area (Å²) in [7, 11) is 1.73. The number of halogens is 1. The van der Waals surface area contributed by atoms with Crippen LogP contribution in [0.1, 0.15) is 11.1 Å². The molecular formula is C12H14FN3OS. The van der Waals surface area contributed by atoms with Crippen LogP contribution in [0.15, 0.2) is 18.2 Å². The third-order valence-corrected chi connectivity index (χ3v) is 3.23. The first-order chi connectivity index (χ1) is 8.49. The summed E-state index contributed by atoms with van der Waals surface area (Å²) in [4.78, 5) is 15.1. The second kappa shape index (κ2) is 4.89. The van der Waals surface area contributed by atoms with Crippen molar-refractivity contribution in [2.75, 3.05) is 20.1 Å². The van der Waals surface area contributed by atoms with Crippen molar-refractivity contribution in [3.63, 3.8) is 0 Å². The molecule has 0 spiro atoms. The molecule has 1 saturated heterocycles. The Labute approximate surface area is 110 Å². The van der Waals surface area contributed by atoms with Crippen molar-refractivity contribution < 1.29 is 9.18 Å². The SMILES string of the molecule is CN1CCN(Cc2cc(C(N)=S)ccc2F)C1=O. The summed E-state index contributed by atoms with van der Waals surface area (Å²) in [6.07, 6.45) is 0. The van der Waals surface area contributed by atoms with Crippen LogP contribution in [0, 0.1) is 5.82 Å². The van der Waals surface area contributed by atoms with Crippen LogP contribution in [-0.4, -0.2) is 41.0 Å². The molecule has 18 heavy (non-hydrogen) atoms. The van der Waals surface area contributed by atoms with Gasteiger partial charge in [0, 0.05) is 31.3 Å². The van der Waals surface area contributed by atoms with Gasteiger partial charge in [0.15, 0.2) is 0 Å². The molecule has 0 saturated carbocycles. The fourth-order valence-electron chi connectivity index (χ4n) is 1.90. The molecule has 0 aromatic heterocycles. The molecule has 6 heteroatoms. The third-order valence-electron chi connectivity index (χ3n) is 2.99. The van der Waals surface area contributed by atoms with Gasteiger partial charge < -0.3 is 15.5 Å². The Morgan fingerprint density at radius 3 is 2.78 bits per heavy atom. The number of amides is 2.